The molecule has 1 fully saturated rings. The Hall–Kier alpha value is -2.64. The Bertz CT molecular complexity index is 1110. The first-order valence-electron chi connectivity index (χ1n) is 8.71. The largest absolute Gasteiger partial charge is 0.345 e. The van der Waals surface area contributed by atoms with Crippen molar-refractivity contribution in [3.63, 3.8) is 0 Å². The number of pyridine rings is 1. The molecule has 0 radical (unpaired) electrons. The van der Waals surface area contributed by atoms with Gasteiger partial charge in [0.1, 0.15) is 11.3 Å². The summed E-state index contributed by atoms with van der Waals surface area (Å²) in [6, 6.07) is 11.7. The maximum atomic E-state index is 12.8. The molecule has 0 atom stereocenters. The van der Waals surface area contributed by atoms with Crippen LogP contribution in [-0.4, -0.2) is 51.4 Å². The summed E-state index contributed by atoms with van der Waals surface area (Å²) in [5.74, 6) is -0.0428. The number of aromatic nitrogens is 3. The molecule has 4 aromatic rings. The Morgan fingerprint density at radius 3 is 2.63 bits per heavy atom. The lowest BCUT2D eigenvalue weighted by Crippen LogP contribution is -2.48. The number of benzene rings is 1. The lowest BCUT2D eigenvalue weighted by atomic mass is 10.3. The molecule has 1 aromatic carbocycles. The second kappa shape index (κ2) is 6.51. The quantitative estimate of drug-likeness (QED) is 0.519. The summed E-state index contributed by atoms with van der Waals surface area (Å²) in [6.07, 6.45) is 3.50. The fraction of sp³-hybridized carbons (Fsp3) is 0.211. The van der Waals surface area contributed by atoms with Crippen molar-refractivity contribution in [2.24, 2.45) is 0 Å². The summed E-state index contributed by atoms with van der Waals surface area (Å²) in [5, 5.41) is 1.63. The molecule has 6 nitrogen and oxygen atoms in total. The number of carbonyl (C=O) groups is 1. The van der Waals surface area contributed by atoms with Crippen LogP contribution in [0.4, 0.5) is 5.13 Å². The van der Waals surface area contributed by atoms with Crippen molar-refractivity contribution in [3.05, 3.63) is 59.5 Å². The first-order chi connectivity index (χ1) is 13.2. The normalized spacial score (nSPS) is 15.0. The van der Waals surface area contributed by atoms with E-state index in [4.69, 9.17) is 16.6 Å². The summed E-state index contributed by atoms with van der Waals surface area (Å²) >= 11 is 7.70. The summed E-state index contributed by atoms with van der Waals surface area (Å²) in [4.78, 5) is 26.1. The number of hydrogen-bond acceptors (Lipinski definition) is 5. The van der Waals surface area contributed by atoms with Crippen LogP contribution in [0.3, 0.4) is 0 Å². The van der Waals surface area contributed by atoms with E-state index in [0.717, 1.165) is 29.4 Å². The van der Waals surface area contributed by atoms with Gasteiger partial charge in [-0.25, -0.2) is 9.97 Å². The number of hydrogen-bond donors (Lipinski definition) is 0. The SMILES string of the molecule is O=C(c1cn2cc(Cl)ccc2n1)N1CCN(c2nc3ccccc3s2)CC1. The number of amides is 1. The van der Waals surface area contributed by atoms with Crippen molar-refractivity contribution in [2.75, 3.05) is 31.1 Å². The standard InChI is InChI=1S/C19H16ClN5OS/c20-13-5-6-17-21-15(12-25(17)11-13)18(26)23-7-9-24(10-8-23)19-22-14-3-1-2-4-16(14)27-19/h1-6,11-12H,7-10H2. The van der Waals surface area contributed by atoms with Crippen LogP contribution in [0.5, 0.6) is 0 Å². The summed E-state index contributed by atoms with van der Waals surface area (Å²) in [7, 11) is 0. The van der Waals surface area contributed by atoms with Crippen LogP contribution < -0.4 is 4.90 Å². The number of anilines is 1. The van der Waals surface area contributed by atoms with Crippen molar-refractivity contribution in [1.82, 2.24) is 19.3 Å². The number of nitrogens with zero attached hydrogens (tertiary/aromatic N) is 5. The zero-order valence-electron chi connectivity index (χ0n) is 14.4. The van der Waals surface area contributed by atoms with Crippen molar-refractivity contribution >= 4 is 49.8 Å². The van der Waals surface area contributed by atoms with Crippen LogP contribution in [0.25, 0.3) is 15.9 Å². The van der Waals surface area contributed by atoms with Gasteiger partial charge in [-0.05, 0) is 24.3 Å². The molecule has 8 heteroatoms. The monoisotopic (exact) mass is 397 g/mol. The molecular weight excluding hydrogens is 382 g/mol. The maximum Gasteiger partial charge on any atom is 0.274 e. The molecule has 27 heavy (non-hydrogen) atoms. The van der Waals surface area contributed by atoms with Gasteiger partial charge >= 0.3 is 0 Å². The van der Waals surface area contributed by atoms with Crippen molar-refractivity contribution in [1.29, 1.82) is 0 Å². The molecule has 0 unspecified atom stereocenters. The number of rotatable bonds is 2. The average Bonchev–Trinajstić information content (AvgIpc) is 3.31. The average molecular weight is 398 g/mol. The van der Waals surface area contributed by atoms with Gasteiger partial charge in [-0.2, -0.15) is 0 Å². The highest BCUT2D eigenvalue weighted by molar-refractivity contribution is 7.22. The second-order valence-corrected chi connectivity index (χ2v) is 7.93. The van der Waals surface area contributed by atoms with Crippen LogP contribution in [0.15, 0.2) is 48.8 Å². The minimum atomic E-state index is -0.0428. The molecule has 1 aliphatic heterocycles. The molecule has 0 saturated carbocycles. The Labute approximate surface area is 164 Å². The number of fused-ring (bicyclic) bond motifs is 2. The molecule has 5 rings (SSSR count). The van der Waals surface area contributed by atoms with Crippen LogP contribution in [-0.2, 0) is 0 Å². The highest BCUT2D eigenvalue weighted by Crippen LogP contribution is 2.29. The third kappa shape index (κ3) is 3.02. The lowest BCUT2D eigenvalue weighted by Gasteiger charge is -2.34. The topological polar surface area (TPSA) is 53.7 Å². The number of thiazole rings is 1. The summed E-state index contributed by atoms with van der Waals surface area (Å²) in [6.45, 7) is 2.85. The van der Waals surface area contributed by atoms with Crippen LogP contribution >= 0.6 is 22.9 Å². The molecule has 0 aliphatic carbocycles. The number of para-hydroxylation sites is 1. The van der Waals surface area contributed by atoms with Crippen molar-refractivity contribution in [2.45, 2.75) is 0 Å². The molecule has 0 bridgehead atoms. The van der Waals surface area contributed by atoms with Crippen molar-refractivity contribution in [3.8, 4) is 0 Å². The van der Waals surface area contributed by atoms with Crippen LogP contribution in [0.2, 0.25) is 5.02 Å². The van der Waals surface area contributed by atoms with Crippen LogP contribution in [0.1, 0.15) is 10.5 Å². The minimum absolute atomic E-state index is 0.0428. The van der Waals surface area contributed by atoms with Crippen molar-refractivity contribution < 1.29 is 4.79 Å². The molecule has 1 amide bonds. The van der Waals surface area contributed by atoms with E-state index in [2.05, 4.69) is 16.0 Å². The van der Waals surface area contributed by atoms with E-state index >= 15 is 0 Å². The molecule has 1 aliphatic rings. The first kappa shape index (κ1) is 16.5. The molecule has 0 N–H and O–H groups in total. The molecule has 1 saturated heterocycles. The van der Waals surface area contributed by atoms with E-state index < -0.39 is 0 Å². The van der Waals surface area contributed by atoms with Gasteiger partial charge in [-0.15, -0.1) is 0 Å². The summed E-state index contributed by atoms with van der Waals surface area (Å²) < 4.78 is 2.97. The Kier molecular flexibility index (Phi) is 3.98. The Balaban J connectivity index is 1.31. The zero-order valence-corrected chi connectivity index (χ0v) is 16.0. The van der Waals surface area contributed by atoms with E-state index in [0.29, 0.717) is 23.8 Å². The van der Waals surface area contributed by atoms with Gasteiger partial charge in [0.2, 0.25) is 0 Å². The minimum Gasteiger partial charge on any atom is -0.345 e. The number of halogens is 1. The Morgan fingerprint density at radius 2 is 1.81 bits per heavy atom. The molecule has 136 valence electrons. The Morgan fingerprint density at radius 1 is 1.00 bits per heavy atom. The third-order valence-electron chi connectivity index (χ3n) is 4.75. The van der Waals surface area contributed by atoms with E-state index in [1.807, 2.05) is 29.2 Å². The smallest absolute Gasteiger partial charge is 0.274 e. The first-order valence-corrected chi connectivity index (χ1v) is 9.91. The predicted octanol–water partition coefficient (Wildman–Crippen LogP) is 3.56. The molecule has 3 aromatic heterocycles. The van der Waals surface area contributed by atoms with E-state index in [1.165, 1.54) is 4.70 Å². The van der Waals surface area contributed by atoms with Gasteiger partial charge < -0.3 is 14.2 Å². The summed E-state index contributed by atoms with van der Waals surface area (Å²) in [5.41, 5.74) is 2.20. The zero-order chi connectivity index (χ0) is 18.4. The number of carbonyl (C=O) groups excluding carboxylic acids is 1. The van der Waals surface area contributed by atoms with Gasteiger partial charge in [0.15, 0.2) is 5.13 Å². The third-order valence-corrected chi connectivity index (χ3v) is 6.07. The maximum absolute atomic E-state index is 12.8. The molecular formula is C19H16ClN5OS. The van der Waals surface area contributed by atoms with E-state index in [-0.39, 0.29) is 5.91 Å². The van der Waals surface area contributed by atoms with E-state index in [1.54, 1.807) is 34.2 Å². The fourth-order valence-electron chi connectivity index (χ4n) is 3.33. The molecule has 0 spiro atoms. The highest BCUT2D eigenvalue weighted by Gasteiger charge is 2.25. The van der Waals surface area contributed by atoms with Gasteiger partial charge in [0.05, 0.1) is 15.2 Å². The second-order valence-electron chi connectivity index (χ2n) is 6.48. The molecule has 4 heterocycles. The number of imidazole rings is 1. The highest BCUT2D eigenvalue weighted by atomic mass is 35.5. The fourth-order valence-corrected chi connectivity index (χ4v) is 4.51. The van der Waals surface area contributed by atoms with Gasteiger partial charge in [0, 0.05) is 38.6 Å². The number of piperazine rings is 1. The van der Waals surface area contributed by atoms with E-state index in [9.17, 15) is 4.79 Å². The lowest BCUT2D eigenvalue weighted by molar-refractivity contribution is 0.0741. The van der Waals surface area contributed by atoms with Gasteiger partial charge in [-0.3, -0.25) is 4.79 Å². The van der Waals surface area contributed by atoms with Crippen LogP contribution in [0, 0.1) is 0 Å². The van der Waals surface area contributed by atoms with Gasteiger partial charge in [0.25, 0.3) is 5.91 Å². The van der Waals surface area contributed by atoms with Gasteiger partial charge in [-0.1, -0.05) is 35.1 Å². The predicted molar refractivity (Wildman–Crippen MR) is 108 cm³/mol.